The lowest BCUT2D eigenvalue weighted by atomic mass is 9.90. The molecule has 1 aromatic carbocycles. The fraction of sp³-hybridized carbons (Fsp3) is 0.500. The van der Waals surface area contributed by atoms with Gasteiger partial charge in [-0.05, 0) is 26.3 Å². The Morgan fingerprint density at radius 1 is 1.29 bits per heavy atom. The summed E-state index contributed by atoms with van der Waals surface area (Å²) in [5, 5.41) is 12.8. The van der Waals surface area contributed by atoms with Crippen LogP contribution in [0.3, 0.4) is 0 Å². The Kier molecular flexibility index (Phi) is 4.32. The highest BCUT2D eigenvalue weighted by atomic mass is 16.6. The number of benzene rings is 1. The van der Waals surface area contributed by atoms with E-state index in [1.807, 2.05) is 30.3 Å². The molecule has 2 rings (SSSR count). The van der Waals surface area contributed by atoms with Gasteiger partial charge in [-0.3, -0.25) is 9.59 Å². The summed E-state index contributed by atoms with van der Waals surface area (Å²) in [6.07, 6.45) is -1.20. The number of esters is 1. The smallest absolute Gasteiger partial charge is 0.306 e. The number of hydrogen-bond donors (Lipinski definition) is 2. The average Bonchev–Trinajstić information content (AvgIpc) is 2.66. The van der Waals surface area contributed by atoms with Crippen molar-refractivity contribution in [2.45, 2.75) is 44.9 Å². The Bertz CT molecular complexity index is 521. The molecule has 3 atom stereocenters. The third-order valence-electron chi connectivity index (χ3n) is 3.38. The van der Waals surface area contributed by atoms with E-state index >= 15 is 0 Å². The van der Waals surface area contributed by atoms with Crippen LogP contribution in [0.5, 0.6) is 0 Å². The predicted molar refractivity (Wildman–Crippen MR) is 77.3 cm³/mol. The highest BCUT2D eigenvalue weighted by Crippen LogP contribution is 2.33. The second-order valence-corrected chi connectivity index (χ2v) is 6.30. The van der Waals surface area contributed by atoms with E-state index in [4.69, 9.17) is 4.74 Å². The minimum absolute atomic E-state index is 0.00324. The number of amides is 1. The molecule has 5 heteroatoms. The average molecular weight is 291 g/mol. The Labute approximate surface area is 124 Å². The van der Waals surface area contributed by atoms with Crippen LogP contribution in [0.25, 0.3) is 0 Å². The fourth-order valence-electron chi connectivity index (χ4n) is 2.52. The number of nitrogens with one attached hydrogen (secondary N) is 1. The summed E-state index contributed by atoms with van der Waals surface area (Å²) in [7, 11) is 0. The van der Waals surface area contributed by atoms with E-state index in [1.165, 1.54) is 0 Å². The first-order valence-corrected chi connectivity index (χ1v) is 7.03. The van der Waals surface area contributed by atoms with Crippen molar-refractivity contribution in [1.29, 1.82) is 0 Å². The standard InChI is InChI=1S/C16H21NO4/c1-16(2,3)21-12(18)9-11-13(17-15(20)14(11)19)10-7-5-4-6-8-10/h4-8,11,13-14,19H,9H2,1-3H3,(H,17,20)/t11-,13-,14?/m0/s1. The quantitative estimate of drug-likeness (QED) is 0.829. The Morgan fingerprint density at radius 3 is 2.48 bits per heavy atom. The monoisotopic (exact) mass is 291 g/mol. The first kappa shape index (κ1) is 15.5. The van der Waals surface area contributed by atoms with Crippen LogP contribution in [0.2, 0.25) is 0 Å². The van der Waals surface area contributed by atoms with E-state index in [-0.39, 0.29) is 12.5 Å². The van der Waals surface area contributed by atoms with Crippen LogP contribution in [0, 0.1) is 5.92 Å². The van der Waals surface area contributed by atoms with E-state index in [9.17, 15) is 14.7 Å². The minimum Gasteiger partial charge on any atom is -0.460 e. The largest absolute Gasteiger partial charge is 0.460 e. The molecule has 0 radical (unpaired) electrons. The van der Waals surface area contributed by atoms with Crippen LogP contribution < -0.4 is 5.32 Å². The maximum absolute atomic E-state index is 12.0. The molecule has 0 aromatic heterocycles. The Hall–Kier alpha value is -1.88. The summed E-state index contributed by atoms with van der Waals surface area (Å²) in [5.41, 5.74) is 0.288. The summed E-state index contributed by atoms with van der Waals surface area (Å²) in [4.78, 5) is 23.7. The maximum atomic E-state index is 12.0. The number of carbonyl (C=O) groups is 2. The number of hydrogen-bond acceptors (Lipinski definition) is 4. The number of carbonyl (C=O) groups excluding carboxylic acids is 2. The van der Waals surface area contributed by atoms with Crippen molar-refractivity contribution in [3.05, 3.63) is 35.9 Å². The molecule has 1 heterocycles. The lowest BCUT2D eigenvalue weighted by Crippen LogP contribution is -2.30. The van der Waals surface area contributed by atoms with Crippen LogP contribution in [0.1, 0.15) is 38.8 Å². The van der Waals surface area contributed by atoms with Gasteiger partial charge in [0.25, 0.3) is 0 Å². The van der Waals surface area contributed by atoms with Crippen molar-refractivity contribution in [3.8, 4) is 0 Å². The molecule has 1 aliphatic rings. The van der Waals surface area contributed by atoms with Crippen molar-refractivity contribution in [3.63, 3.8) is 0 Å². The molecule has 2 N–H and O–H groups in total. The fourth-order valence-corrected chi connectivity index (χ4v) is 2.52. The van der Waals surface area contributed by atoms with Crippen LogP contribution in [-0.4, -0.2) is 28.7 Å². The summed E-state index contributed by atoms with van der Waals surface area (Å²) in [6.45, 7) is 5.36. The highest BCUT2D eigenvalue weighted by molar-refractivity contribution is 5.85. The molecule has 1 aliphatic heterocycles. The first-order chi connectivity index (χ1) is 9.78. The number of ether oxygens (including phenoxy) is 1. The molecule has 5 nitrogen and oxygen atoms in total. The van der Waals surface area contributed by atoms with Gasteiger partial charge >= 0.3 is 5.97 Å². The first-order valence-electron chi connectivity index (χ1n) is 7.03. The Balaban J connectivity index is 2.14. The van der Waals surface area contributed by atoms with Gasteiger partial charge in [-0.2, -0.15) is 0 Å². The van der Waals surface area contributed by atoms with Crippen LogP contribution in [0.4, 0.5) is 0 Å². The summed E-state index contributed by atoms with van der Waals surface area (Å²) < 4.78 is 5.28. The normalized spacial score (nSPS) is 25.5. The molecular weight excluding hydrogens is 270 g/mol. The molecule has 0 aliphatic carbocycles. The lowest BCUT2D eigenvalue weighted by molar-refractivity contribution is -0.157. The zero-order chi connectivity index (χ0) is 15.6. The zero-order valence-electron chi connectivity index (χ0n) is 12.5. The van der Waals surface area contributed by atoms with Gasteiger partial charge < -0.3 is 15.2 Å². The number of aliphatic hydroxyl groups excluding tert-OH is 1. The summed E-state index contributed by atoms with van der Waals surface area (Å²) in [5.74, 6) is -1.38. The number of aliphatic hydroxyl groups is 1. The second-order valence-electron chi connectivity index (χ2n) is 6.30. The van der Waals surface area contributed by atoms with E-state index < -0.39 is 29.5 Å². The molecule has 1 aromatic rings. The summed E-state index contributed by atoms with van der Waals surface area (Å²) >= 11 is 0. The van der Waals surface area contributed by atoms with E-state index in [0.29, 0.717) is 0 Å². The highest BCUT2D eigenvalue weighted by Gasteiger charge is 2.43. The van der Waals surface area contributed by atoms with Gasteiger partial charge in [0.15, 0.2) is 0 Å². The van der Waals surface area contributed by atoms with Gasteiger partial charge in [-0.15, -0.1) is 0 Å². The molecule has 1 saturated heterocycles. The van der Waals surface area contributed by atoms with Gasteiger partial charge in [-0.25, -0.2) is 0 Å². The van der Waals surface area contributed by atoms with Crippen LogP contribution >= 0.6 is 0 Å². The zero-order valence-corrected chi connectivity index (χ0v) is 12.5. The topological polar surface area (TPSA) is 75.6 Å². The number of rotatable bonds is 3. The molecule has 114 valence electrons. The second kappa shape index (κ2) is 5.85. The van der Waals surface area contributed by atoms with E-state index in [1.54, 1.807) is 20.8 Å². The van der Waals surface area contributed by atoms with E-state index in [0.717, 1.165) is 5.56 Å². The third kappa shape index (κ3) is 3.82. The minimum atomic E-state index is -1.19. The molecule has 1 amide bonds. The SMILES string of the molecule is CC(C)(C)OC(=O)C[C@@H]1C(O)C(=O)N[C@H]1c1ccccc1. The van der Waals surface area contributed by atoms with Crippen molar-refractivity contribution in [2.24, 2.45) is 5.92 Å². The van der Waals surface area contributed by atoms with Gasteiger partial charge in [0.2, 0.25) is 5.91 Å². The molecule has 0 spiro atoms. The molecular formula is C16H21NO4. The van der Waals surface area contributed by atoms with Gasteiger partial charge in [0, 0.05) is 5.92 Å². The van der Waals surface area contributed by atoms with Crippen LogP contribution in [-0.2, 0) is 14.3 Å². The lowest BCUT2D eigenvalue weighted by Gasteiger charge is -2.24. The van der Waals surface area contributed by atoms with Crippen molar-refractivity contribution >= 4 is 11.9 Å². The van der Waals surface area contributed by atoms with Crippen molar-refractivity contribution < 1.29 is 19.4 Å². The Morgan fingerprint density at radius 2 is 1.90 bits per heavy atom. The van der Waals surface area contributed by atoms with E-state index in [2.05, 4.69) is 5.32 Å². The van der Waals surface area contributed by atoms with Gasteiger partial charge in [0.1, 0.15) is 11.7 Å². The maximum Gasteiger partial charge on any atom is 0.306 e. The van der Waals surface area contributed by atoms with Gasteiger partial charge in [-0.1, -0.05) is 30.3 Å². The molecule has 0 bridgehead atoms. The van der Waals surface area contributed by atoms with Crippen molar-refractivity contribution in [1.82, 2.24) is 5.32 Å². The molecule has 0 saturated carbocycles. The third-order valence-corrected chi connectivity index (χ3v) is 3.38. The van der Waals surface area contributed by atoms with Crippen LogP contribution in [0.15, 0.2) is 30.3 Å². The van der Waals surface area contributed by atoms with Gasteiger partial charge in [0.05, 0.1) is 12.5 Å². The summed E-state index contributed by atoms with van der Waals surface area (Å²) in [6, 6.07) is 8.95. The molecule has 1 fully saturated rings. The van der Waals surface area contributed by atoms with Crippen molar-refractivity contribution in [2.75, 3.05) is 0 Å². The molecule has 21 heavy (non-hydrogen) atoms. The molecule has 1 unspecified atom stereocenters. The predicted octanol–water partition coefficient (Wildman–Crippen LogP) is 1.57.